The minimum absolute atomic E-state index is 0.0255. The van der Waals surface area contributed by atoms with Crippen LogP contribution in [0, 0.1) is 11.7 Å². The van der Waals surface area contributed by atoms with E-state index in [2.05, 4.69) is 43.1 Å². The summed E-state index contributed by atoms with van der Waals surface area (Å²) in [7, 11) is 1.86. The highest BCUT2D eigenvalue weighted by atomic mass is 33.1. The maximum absolute atomic E-state index is 12.4. The molecule has 6 N–H and O–H groups in total. The number of ether oxygens (including phenoxy) is 6. The SMILES string of the molecule is CSS[C@H](CSC(C)=O)OC1C(BC#CCNC(=O)COCCOC(COc2cccc(C(=O)NCCN)c2)SSC(C)(C)C)OC1COC(C)(C)P(=O)(O)O. The van der Waals surface area contributed by atoms with Gasteiger partial charge in [0, 0.05) is 36.1 Å². The molecule has 0 spiro atoms. The van der Waals surface area contributed by atoms with E-state index in [0.717, 1.165) is 11.8 Å². The number of rotatable bonds is 26. The Morgan fingerprint density at radius 1 is 1.11 bits per heavy atom. The fourth-order valence-electron chi connectivity index (χ4n) is 4.24. The maximum atomic E-state index is 12.4. The number of amides is 2. The molecule has 1 aromatic rings. The number of nitrogens with one attached hydrogen (secondary N) is 2. The number of benzene rings is 1. The van der Waals surface area contributed by atoms with E-state index >= 15 is 0 Å². The van der Waals surface area contributed by atoms with Gasteiger partial charge in [0.15, 0.2) is 10.5 Å². The Labute approximate surface area is 351 Å². The topological polar surface area (TPSA) is 214 Å². The van der Waals surface area contributed by atoms with Crippen LogP contribution in [0.4, 0.5) is 0 Å². The number of carbonyl (C=O) groups is 3. The van der Waals surface area contributed by atoms with Gasteiger partial charge in [-0.25, -0.2) is 0 Å². The van der Waals surface area contributed by atoms with Crippen LogP contribution < -0.4 is 21.1 Å². The molecule has 0 bridgehead atoms. The van der Waals surface area contributed by atoms with Gasteiger partial charge in [-0.05, 0) is 38.3 Å². The van der Waals surface area contributed by atoms with Crippen LogP contribution in [0.3, 0.4) is 0 Å². The standard InChI is InChI=1S/C34H55BN3O12PS5/c1-23(39)53-22-29(54-52-7)50-30-26(19-48-34(5,6)51(42,43)44)49-31(30)35-12-9-14-37-27(40)20-45-16-17-46-28(55-56-33(2,3)4)21-47-25-11-8-10-24(18-25)32(41)38-15-13-36/h8,10-11,18,26,28-31,35H,13-17,19-22,36H2,1-7H3,(H,37,40)(H,38,41)(H2,42,43,44)/t26?,28?,29-,30?,31?/m1/s1. The number of nitrogens with two attached hydrogens (primary N) is 1. The van der Waals surface area contributed by atoms with Crippen LogP contribution in [0.25, 0.3) is 0 Å². The summed E-state index contributed by atoms with van der Waals surface area (Å²) in [5, 5.41) is 3.68. The molecule has 2 rings (SSSR count). The zero-order chi connectivity index (χ0) is 41.8. The van der Waals surface area contributed by atoms with Crippen LogP contribution in [0.2, 0.25) is 0 Å². The lowest BCUT2D eigenvalue weighted by Gasteiger charge is -2.45. The van der Waals surface area contributed by atoms with Crippen LogP contribution in [0.5, 0.6) is 5.75 Å². The van der Waals surface area contributed by atoms with Crippen molar-refractivity contribution < 1.29 is 57.2 Å². The molecular weight excluding hydrogens is 845 g/mol. The lowest BCUT2D eigenvalue weighted by Crippen LogP contribution is -2.61. The lowest BCUT2D eigenvalue weighted by atomic mass is 9.66. The first kappa shape index (κ1) is 51.1. The zero-order valence-corrected chi connectivity index (χ0v) is 37.8. The van der Waals surface area contributed by atoms with E-state index in [1.54, 1.807) is 35.1 Å². The second-order valence-corrected chi connectivity index (χ2v) is 22.7. The van der Waals surface area contributed by atoms with E-state index in [1.807, 2.05) is 6.26 Å². The van der Waals surface area contributed by atoms with E-state index in [-0.39, 0.29) is 79.4 Å². The van der Waals surface area contributed by atoms with Crippen LogP contribution in [-0.4, -0.2) is 138 Å². The smallest absolute Gasteiger partial charge is 0.356 e. The molecule has 1 fully saturated rings. The van der Waals surface area contributed by atoms with Crippen LogP contribution >= 0.6 is 62.5 Å². The molecule has 56 heavy (non-hydrogen) atoms. The summed E-state index contributed by atoms with van der Waals surface area (Å²) in [5.74, 6) is 6.25. The van der Waals surface area contributed by atoms with Crippen molar-refractivity contribution in [2.45, 2.75) is 80.7 Å². The van der Waals surface area contributed by atoms with Crippen molar-refractivity contribution in [3.8, 4) is 17.5 Å². The molecule has 22 heteroatoms. The Hall–Kier alpha value is -1.09. The Morgan fingerprint density at radius 3 is 2.52 bits per heavy atom. The third kappa shape index (κ3) is 20.7. The highest BCUT2D eigenvalue weighted by Gasteiger charge is 2.47. The second kappa shape index (κ2) is 26.2. The van der Waals surface area contributed by atoms with Crippen molar-refractivity contribution in [1.29, 1.82) is 0 Å². The molecule has 1 aliphatic rings. The van der Waals surface area contributed by atoms with Gasteiger partial charge in [-0.1, -0.05) is 87.7 Å². The summed E-state index contributed by atoms with van der Waals surface area (Å²) in [6.45, 7) is 11.5. The molecule has 5 atom stereocenters. The fraction of sp³-hybridized carbons (Fsp3) is 0.676. The van der Waals surface area contributed by atoms with E-state index < -0.39 is 31.1 Å². The number of hydrogen-bond acceptors (Lipinski definition) is 16. The average molecular weight is 900 g/mol. The van der Waals surface area contributed by atoms with Gasteiger partial charge in [-0.3, -0.25) is 18.9 Å². The monoisotopic (exact) mass is 899 g/mol. The van der Waals surface area contributed by atoms with Crippen molar-refractivity contribution in [3.05, 3.63) is 29.8 Å². The molecule has 4 unspecified atom stereocenters. The number of hydrogen-bond donors (Lipinski definition) is 5. The van der Waals surface area contributed by atoms with E-state index in [0.29, 0.717) is 30.2 Å². The van der Waals surface area contributed by atoms with Crippen molar-refractivity contribution in [3.63, 3.8) is 0 Å². The first-order valence-electron chi connectivity index (χ1n) is 17.7. The summed E-state index contributed by atoms with van der Waals surface area (Å²) in [4.78, 5) is 55.5. The molecule has 1 aliphatic heterocycles. The Balaban J connectivity index is 1.81. The number of thioether (sulfide) groups is 1. The van der Waals surface area contributed by atoms with Crippen LogP contribution in [0.15, 0.2) is 24.3 Å². The summed E-state index contributed by atoms with van der Waals surface area (Å²) in [6.07, 6.45) is 0.800. The predicted molar refractivity (Wildman–Crippen MR) is 230 cm³/mol. The summed E-state index contributed by atoms with van der Waals surface area (Å²) >= 11 is 1.14. The third-order valence-corrected chi connectivity index (χ3v) is 15.2. The van der Waals surface area contributed by atoms with Gasteiger partial charge in [0.2, 0.25) is 13.2 Å². The number of carbonyl (C=O) groups excluding carboxylic acids is 3. The Bertz CT molecular complexity index is 1500. The van der Waals surface area contributed by atoms with Gasteiger partial charge in [0.25, 0.3) is 5.91 Å². The second-order valence-electron chi connectivity index (χ2n) is 13.5. The van der Waals surface area contributed by atoms with Gasteiger partial charge in [-0.2, -0.15) is 5.82 Å². The van der Waals surface area contributed by atoms with Gasteiger partial charge >= 0.3 is 7.60 Å². The molecule has 15 nitrogen and oxygen atoms in total. The van der Waals surface area contributed by atoms with E-state index in [1.165, 1.54) is 53.2 Å². The highest BCUT2D eigenvalue weighted by Crippen LogP contribution is 2.51. The van der Waals surface area contributed by atoms with Crippen molar-refractivity contribution in [1.82, 2.24) is 10.6 Å². The summed E-state index contributed by atoms with van der Waals surface area (Å²) in [6, 6.07) is 6.43. The van der Waals surface area contributed by atoms with Crippen LogP contribution in [0.1, 0.15) is 51.9 Å². The fourth-order valence-corrected chi connectivity index (χ4v) is 9.22. The van der Waals surface area contributed by atoms with E-state index in [4.69, 9.17) is 34.2 Å². The highest BCUT2D eigenvalue weighted by molar-refractivity contribution is 8.77. The van der Waals surface area contributed by atoms with Crippen molar-refractivity contribution in [2.75, 3.05) is 64.7 Å². The Morgan fingerprint density at radius 2 is 1.86 bits per heavy atom. The minimum atomic E-state index is -4.54. The zero-order valence-electron chi connectivity index (χ0n) is 32.8. The quantitative estimate of drug-likeness (QED) is 0.0225. The molecule has 1 saturated heterocycles. The van der Waals surface area contributed by atoms with Gasteiger partial charge < -0.3 is 54.6 Å². The molecule has 2 amide bonds. The first-order chi connectivity index (χ1) is 26.3. The van der Waals surface area contributed by atoms with Gasteiger partial charge in [0.1, 0.15) is 42.0 Å². The molecular formula is C34H55BN3O12PS5. The van der Waals surface area contributed by atoms with Crippen molar-refractivity contribution >= 4 is 86.7 Å². The molecule has 1 aromatic carbocycles. The molecule has 316 valence electrons. The van der Waals surface area contributed by atoms with Gasteiger partial charge in [-0.15, -0.1) is 0 Å². The van der Waals surface area contributed by atoms with E-state index in [9.17, 15) is 28.7 Å². The average Bonchev–Trinajstić information content (AvgIpc) is 3.11. The Kier molecular flexibility index (Phi) is 23.9. The minimum Gasteiger partial charge on any atom is -0.490 e. The van der Waals surface area contributed by atoms with Gasteiger partial charge in [0.05, 0.1) is 32.4 Å². The normalized spacial score (nSPS) is 18.1. The lowest BCUT2D eigenvalue weighted by molar-refractivity contribution is -0.233. The third-order valence-electron chi connectivity index (χ3n) is 7.20. The molecule has 1 heterocycles. The van der Waals surface area contributed by atoms with Crippen molar-refractivity contribution in [2.24, 2.45) is 5.73 Å². The first-order valence-corrected chi connectivity index (χ1v) is 25.1. The molecule has 0 saturated carbocycles. The predicted octanol–water partition coefficient (Wildman–Crippen LogP) is 3.46. The largest absolute Gasteiger partial charge is 0.490 e. The maximum Gasteiger partial charge on any atom is 0.356 e. The summed E-state index contributed by atoms with van der Waals surface area (Å²) in [5.41, 5.74) is 5.24. The van der Waals surface area contributed by atoms with Crippen LogP contribution in [-0.2, 0) is 37.8 Å². The molecule has 0 aliphatic carbocycles. The summed E-state index contributed by atoms with van der Waals surface area (Å²) < 4.78 is 47.1. The molecule has 0 aromatic heterocycles. The molecule has 0 radical (unpaired) electrons.